The molecule has 0 aromatic carbocycles. The second-order valence-corrected chi connectivity index (χ2v) is 7.13. The average Bonchev–Trinajstić information content (AvgIpc) is 3.12. The molecule has 21 heavy (non-hydrogen) atoms. The van der Waals surface area contributed by atoms with Crippen LogP contribution in [-0.4, -0.2) is 52.8 Å². The summed E-state index contributed by atoms with van der Waals surface area (Å²) in [7, 11) is 0. The second-order valence-electron chi connectivity index (χ2n) is 7.13. The number of carboxylic acids is 1. The van der Waals surface area contributed by atoms with Crippen molar-refractivity contribution >= 4 is 12.1 Å². The van der Waals surface area contributed by atoms with Crippen molar-refractivity contribution in [3.8, 4) is 0 Å². The van der Waals surface area contributed by atoms with Crippen molar-refractivity contribution in [1.82, 2.24) is 10.2 Å². The molecule has 1 aliphatic carbocycles. The number of carbonyl (C=O) groups is 2. The number of nitrogens with one attached hydrogen (secondary N) is 1. The Morgan fingerprint density at radius 1 is 1.29 bits per heavy atom. The smallest absolute Gasteiger partial charge is 0.407 e. The van der Waals surface area contributed by atoms with Crippen LogP contribution >= 0.6 is 0 Å². The van der Waals surface area contributed by atoms with Crippen LogP contribution in [0.1, 0.15) is 46.5 Å². The lowest BCUT2D eigenvalue weighted by molar-refractivity contribution is -0.138. The Morgan fingerprint density at radius 2 is 1.95 bits per heavy atom. The van der Waals surface area contributed by atoms with Gasteiger partial charge in [0, 0.05) is 31.1 Å². The van der Waals surface area contributed by atoms with E-state index in [2.05, 4.69) is 10.2 Å². The van der Waals surface area contributed by atoms with E-state index in [9.17, 15) is 9.59 Å². The molecule has 120 valence electrons. The van der Waals surface area contributed by atoms with Gasteiger partial charge < -0.3 is 15.2 Å². The third-order valence-electron chi connectivity index (χ3n) is 3.97. The van der Waals surface area contributed by atoms with Gasteiger partial charge in [-0.15, -0.1) is 0 Å². The number of carboxylic acid groups (broad SMARTS) is 1. The summed E-state index contributed by atoms with van der Waals surface area (Å²) in [5, 5.41) is 11.9. The molecule has 0 spiro atoms. The molecule has 2 aliphatic rings. The topological polar surface area (TPSA) is 78.9 Å². The summed E-state index contributed by atoms with van der Waals surface area (Å²) >= 11 is 0. The average molecular weight is 298 g/mol. The highest BCUT2D eigenvalue weighted by atomic mass is 16.6. The van der Waals surface area contributed by atoms with Crippen molar-refractivity contribution in [2.75, 3.05) is 13.1 Å². The molecular formula is C15H26N2O4. The van der Waals surface area contributed by atoms with Gasteiger partial charge in [-0.2, -0.15) is 0 Å². The number of hydrogen-bond donors (Lipinski definition) is 2. The fourth-order valence-electron chi connectivity index (χ4n) is 2.91. The standard InChI is InChI=1S/C15H26N2O4/c1-15(2,3)21-14(20)16-12-6-7-17(11-4-5-11)9-10(12)8-13(18)19/h10-12H,4-9H2,1-3H3,(H,16,20)(H,18,19). The lowest BCUT2D eigenvalue weighted by Gasteiger charge is -2.38. The maximum absolute atomic E-state index is 11.9. The summed E-state index contributed by atoms with van der Waals surface area (Å²) < 4.78 is 5.27. The second kappa shape index (κ2) is 6.22. The van der Waals surface area contributed by atoms with Crippen LogP contribution < -0.4 is 5.32 Å². The quantitative estimate of drug-likeness (QED) is 0.828. The number of amides is 1. The number of carbonyl (C=O) groups excluding carboxylic acids is 1. The van der Waals surface area contributed by atoms with Crippen LogP contribution in [0.5, 0.6) is 0 Å². The monoisotopic (exact) mass is 298 g/mol. The van der Waals surface area contributed by atoms with Gasteiger partial charge >= 0.3 is 12.1 Å². The molecule has 1 amide bonds. The first kappa shape index (κ1) is 16.1. The van der Waals surface area contributed by atoms with Gasteiger partial charge in [0.15, 0.2) is 0 Å². The minimum atomic E-state index is -0.811. The highest BCUT2D eigenvalue weighted by Crippen LogP contribution is 2.32. The minimum Gasteiger partial charge on any atom is -0.481 e. The first-order valence-electron chi connectivity index (χ1n) is 7.70. The van der Waals surface area contributed by atoms with Crippen LogP contribution in [-0.2, 0) is 9.53 Å². The zero-order valence-electron chi connectivity index (χ0n) is 13.1. The molecule has 1 heterocycles. The Balaban J connectivity index is 1.92. The Labute approximate surface area is 125 Å². The molecule has 2 N–H and O–H groups in total. The van der Waals surface area contributed by atoms with Crippen LogP contribution in [0.25, 0.3) is 0 Å². The number of piperidine rings is 1. The maximum atomic E-state index is 11.9. The van der Waals surface area contributed by atoms with Crippen LogP contribution in [0.2, 0.25) is 0 Å². The molecule has 0 aromatic rings. The van der Waals surface area contributed by atoms with E-state index < -0.39 is 17.7 Å². The van der Waals surface area contributed by atoms with E-state index in [1.54, 1.807) is 0 Å². The van der Waals surface area contributed by atoms with Gasteiger partial charge in [0.1, 0.15) is 5.60 Å². The highest BCUT2D eigenvalue weighted by molar-refractivity contribution is 5.69. The van der Waals surface area contributed by atoms with Crippen molar-refractivity contribution in [2.45, 2.75) is 64.1 Å². The zero-order chi connectivity index (χ0) is 15.6. The Hall–Kier alpha value is -1.30. The first-order chi connectivity index (χ1) is 9.74. The largest absolute Gasteiger partial charge is 0.481 e. The SMILES string of the molecule is CC(C)(C)OC(=O)NC1CCN(C2CC2)CC1CC(=O)O. The number of likely N-dealkylation sites (tertiary alicyclic amines) is 1. The van der Waals surface area contributed by atoms with E-state index in [0.717, 1.165) is 19.5 Å². The number of hydrogen-bond acceptors (Lipinski definition) is 4. The van der Waals surface area contributed by atoms with E-state index >= 15 is 0 Å². The predicted molar refractivity (Wildman–Crippen MR) is 78.1 cm³/mol. The number of nitrogens with zero attached hydrogens (tertiary/aromatic N) is 1. The predicted octanol–water partition coefficient (Wildman–Crippen LogP) is 1.84. The van der Waals surface area contributed by atoms with Crippen molar-refractivity contribution in [2.24, 2.45) is 5.92 Å². The van der Waals surface area contributed by atoms with Crippen molar-refractivity contribution in [3.05, 3.63) is 0 Å². The lowest BCUT2D eigenvalue weighted by atomic mass is 9.89. The maximum Gasteiger partial charge on any atom is 0.407 e. The summed E-state index contributed by atoms with van der Waals surface area (Å²) in [4.78, 5) is 25.3. The third kappa shape index (κ3) is 5.19. The molecule has 1 saturated carbocycles. The summed E-state index contributed by atoms with van der Waals surface area (Å²) in [5.41, 5.74) is -0.541. The van der Waals surface area contributed by atoms with E-state index in [0.29, 0.717) is 6.04 Å². The molecule has 0 radical (unpaired) electrons. The molecular weight excluding hydrogens is 272 g/mol. The number of rotatable bonds is 4. The Bertz CT molecular complexity index is 401. The fourth-order valence-corrected chi connectivity index (χ4v) is 2.91. The highest BCUT2D eigenvalue weighted by Gasteiger charge is 2.38. The molecule has 0 bridgehead atoms. The van der Waals surface area contributed by atoms with Crippen molar-refractivity contribution in [1.29, 1.82) is 0 Å². The molecule has 6 heteroatoms. The normalized spacial score (nSPS) is 27.2. The Morgan fingerprint density at radius 3 is 2.48 bits per heavy atom. The van der Waals surface area contributed by atoms with Crippen molar-refractivity contribution < 1.29 is 19.4 Å². The molecule has 0 aromatic heterocycles. The first-order valence-corrected chi connectivity index (χ1v) is 7.70. The van der Waals surface area contributed by atoms with E-state index in [-0.39, 0.29) is 18.4 Å². The molecule has 2 rings (SSSR count). The number of alkyl carbamates (subject to hydrolysis) is 1. The van der Waals surface area contributed by atoms with Crippen LogP contribution in [0.15, 0.2) is 0 Å². The summed E-state index contributed by atoms with van der Waals surface area (Å²) in [6.45, 7) is 7.11. The summed E-state index contributed by atoms with van der Waals surface area (Å²) in [5.74, 6) is -0.863. The van der Waals surface area contributed by atoms with Crippen LogP contribution in [0, 0.1) is 5.92 Å². The van der Waals surface area contributed by atoms with Crippen molar-refractivity contribution in [3.63, 3.8) is 0 Å². The number of ether oxygens (including phenoxy) is 1. The zero-order valence-corrected chi connectivity index (χ0v) is 13.1. The molecule has 1 saturated heterocycles. The Kier molecular flexibility index (Phi) is 4.76. The molecule has 2 atom stereocenters. The van der Waals surface area contributed by atoms with Gasteiger partial charge in [0.05, 0.1) is 6.42 Å². The molecule has 2 unspecified atom stereocenters. The van der Waals surface area contributed by atoms with Gasteiger partial charge in [-0.3, -0.25) is 9.69 Å². The molecule has 1 aliphatic heterocycles. The summed E-state index contributed by atoms with van der Waals surface area (Å²) in [6.07, 6.45) is 2.84. The fraction of sp³-hybridized carbons (Fsp3) is 0.867. The van der Waals surface area contributed by atoms with Gasteiger partial charge in [-0.05, 0) is 40.0 Å². The van der Waals surface area contributed by atoms with E-state index in [1.165, 1.54) is 12.8 Å². The van der Waals surface area contributed by atoms with E-state index in [4.69, 9.17) is 9.84 Å². The van der Waals surface area contributed by atoms with Crippen LogP contribution in [0.4, 0.5) is 4.79 Å². The van der Waals surface area contributed by atoms with Gasteiger partial charge in [-0.25, -0.2) is 4.79 Å². The summed E-state index contributed by atoms with van der Waals surface area (Å²) in [6, 6.07) is 0.509. The third-order valence-corrected chi connectivity index (χ3v) is 3.97. The van der Waals surface area contributed by atoms with Crippen LogP contribution in [0.3, 0.4) is 0 Å². The minimum absolute atomic E-state index is 0.0515. The lowest BCUT2D eigenvalue weighted by Crippen LogP contribution is -2.52. The van der Waals surface area contributed by atoms with Gasteiger partial charge in [0.2, 0.25) is 0 Å². The van der Waals surface area contributed by atoms with E-state index in [1.807, 2.05) is 20.8 Å². The van der Waals surface area contributed by atoms with Gasteiger partial charge in [-0.1, -0.05) is 0 Å². The molecule has 2 fully saturated rings. The molecule has 6 nitrogen and oxygen atoms in total. The van der Waals surface area contributed by atoms with Gasteiger partial charge in [0.25, 0.3) is 0 Å². The number of aliphatic carboxylic acids is 1.